The number of nitrogens with zero attached hydrogens (tertiary/aromatic N) is 3. The van der Waals surface area contributed by atoms with E-state index in [0.717, 1.165) is 0 Å². The molecule has 0 bridgehead atoms. The predicted molar refractivity (Wildman–Crippen MR) is 62.3 cm³/mol. The van der Waals surface area contributed by atoms with Crippen molar-refractivity contribution >= 4 is 11.6 Å². The predicted octanol–water partition coefficient (Wildman–Crippen LogP) is -0.559. The third-order valence-corrected chi connectivity index (χ3v) is 2.59. The Labute approximate surface area is 107 Å². The van der Waals surface area contributed by atoms with Gasteiger partial charge in [-0.1, -0.05) is 5.21 Å². The molecule has 0 aliphatic carbocycles. The lowest BCUT2D eigenvalue weighted by Gasteiger charge is -2.07. The summed E-state index contributed by atoms with van der Waals surface area (Å²) in [6, 6.07) is 3.11. The van der Waals surface area contributed by atoms with Gasteiger partial charge in [-0.15, -0.1) is 10.2 Å². The van der Waals surface area contributed by atoms with Gasteiger partial charge >= 0.3 is 0 Å². The lowest BCUT2D eigenvalue weighted by atomic mass is 10.1. The number of amides is 1. The minimum absolute atomic E-state index is 0.128. The molecule has 0 radical (unpaired) electrons. The Morgan fingerprint density at radius 2 is 2.21 bits per heavy atom. The molecule has 19 heavy (non-hydrogen) atoms. The number of benzene rings is 1. The van der Waals surface area contributed by atoms with Crippen molar-refractivity contribution in [3.05, 3.63) is 23.5 Å². The van der Waals surface area contributed by atoms with E-state index in [4.69, 9.17) is 15.2 Å². The third-order valence-electron chi connectivity index (χ3n) is 2.59. The maximum absolute atomic E-state index is 12.0. The van der Waals surface area contributed by atoms with Gasteiger partial charge in [0.05, 0.1) is 12.1 Å². The molecule has 98 valence electrons. The Morgan fingerprint density at radius 3 is 2.95 bits per heavy atom. The average molecular weight is 262 g/mol. The third kappa shape index (κ3) is 2.12. The number of ether oxygens (including phenoxy) is 2. The van der Waals surface area contributed by atoms with Crippen LogP contribution in [-0.4, -0.2) is 33.3 Å². The minimum Gasteiger partial charge on any atom is -0.454 e. The van der Waals surface area contributed by atoms with Gasteiger partial charge < -0.3 is 20.5 Å². The number of H-pyrrole nitrogens is 1. The molecule has 0 saturated heterocycles. The number of hydrogen-bond acceptors (Lipinski definition) is 7. The molecule has 2 heterocycles. The van der Waals surface area contributed by atoms with Crippen LogP contribution in [0.15, 0.2) is 12.1 Å². The first-order valence-electron chi connectivity index (χ1n) is 5.43. The number of tetrazole rings is 1. The van der Waals surface area contributed by atoms with Crippen molar-refractivity contribution in [1.29, 1.82) is 0 Å². The number of nitrogens with one attached hydrogen (secondary N) is 2. The number of fused-ring (bicyclic) bond motifs is 1. The zero-order chi connectivity index (χ0) is 13.2. The van der Waals surface area contributed by atoms with E-state index in [0.29, 0.717) is 28.6 Å². The molecule has 1 aromatic heterocycles. The van der Waals surface area contributed by atoms with Crippen molar-refractivity contribution in [2.75, 3.05) is 12.5 Å². The van der Waals surface area contributed by atoms with Crippen LogP contribution in [0.2, 0.25) is 0 Å². The highest BCUT2D eigenvalue weighted by molar-refractivity contribution is 6.00. The molecule has 0 spiro atoms. The van der Waals surface area contributed by atoms with Crippen molar-refractivity contribution in [3.63, 3.8) is 0 Å². The van der Waals surface area contributed by atoms with Gasteiger partial charge in [0.1, 0.15) is 0 Å². The molecule has 0 atom stereocenters. The number of carbonyl (C=O) groups is 1. The van der Waals surface area contributed by atoms with Crippen LogP contribution in [0.25, 0.3) is 0 Å². The number of nitrogens with two attached hydrogens (primary N) is 1. The Hall–Kier alpha value is -2.84. The Kier molecular flexibility index (Phi) is 2.63. The summed E-state index contributed by atoms with van der Waals surface area (Å²) in [5.74, 6) is 1.07. The smallest absolute Gasteiger partial charge is 0.253 e. The van der Waals surface area contributed by atoms with Crippen LogP contribution < -0.4 is 20.5 Å². The first-order chi connectivity index (χ1) is 9.24. The Bertz CT molecular complexity index is 612. The highest BCUT2D eigenvalue weighted by atomic mass is 16.7. The zero-order valence-corrected chi connectivity index (χ0v) is 9.71. The van der Waals surface area contributed by atoms with Gasteiger partial charge in [-0.3, -0.25) is 4.79 Å². The molecule has 9 heteroatoms. The summed E-state index contributed by atoms with van der Waals surface area (Å²) in [5.41, 5.74) is 6.42. The van der Waals surface area contributed by atoms with E-state index in [1.54, 1.807) is 12.1 Å². The van der Waals surface area contributed by atoms with Gasteiger partial charge in [-0.25, -0.2) is 0 Å². The normalized spacial score (nSPS) is 12.4. The van der Waals surface area contributed by atoms with E-state index in [9.17, 15) is 4.79 Å². The summed E-state index contributed by atoms with van der Waals surface area (Å²) < 4.78 is 10.4. The van der Waals surface area contributed by atoms with Crippen molar-refractivity contribution < 1.29 is 14.3 Å². The van der Waals surface area contributed by atoms with E-state index in [1.165, 1.54) is 0 Å². The maximum Gasteiger partial charge on any atom is 0.253 e. The van der Waals surface area contributed by atoms with Crippen LogP contribution in [0, 0.1) is 0 Å². The van der Waals surface area contributed by atoms with Gasteiger partial charge in [-0.2, -0.15) is 5.21 Å². The second-order valence-corrected chi connectivity index (χ2v) is 3.80. The van der Waals surface area contributed by atoms with Crippen molar-refractivity contribution in [1.82, 2.24) is 25.9 Å². The maximum atomic E-state index is 12.0. The monoisotopic (exact) mass is 262 g/mol. The van der Waals surface area contributed by atoms with E-state index in [-0.39, 0.29) is 19.2 Å². The highest BCUT2D eigenvalue weighted by Crippen LogP contribution is 2.35. The highest BCUT2D eigenvalue weighted by Gasteiger charge is 2.19. The van der Waals surface area contributed by atoms with E-state index < -0.39 is 0 Å². The van der Waals surface area contributed by atoms with Gasteiger partial charge in [0, 0.05) is 11.8 Å². The molecule has 1 aliphatic rings. The number of rotatable bonds is 3. The summed E-state index contributed by atoms with van der Waals surface area (Å²) in [7, 11) is 0. The van der Waals surface area contributed by atoms with E-state index in [2.05, 4.69) is 25.9 Å². The zero-order valence-electron chi connectivity index (χ0n) is 9.71. The quantitative estimate of drug-likeness (QED) is 0.632. The molecule has 1 aliphatic heterocycles. The van der Waals surface area contributed by atoms with Crippen LogP contribution >= 0.6 is 0 Å². The molecule has 1 amide bonds. The number of carbonyl (C=O) groups excluding carboxylic acids is 1. The molecular formula is C10H10N6O3. The second kappa shape index (κ2) is 4.44. The molecule has 2 aromatic rings. The number of anilines is 1. The number of hydrogen-bond donors (Lipinski definition) is 3. The minimum atomic E-state index is -0.347. The molecule has 9 nitrogen and oxygen atoms in total. The standard InChI is InChI=1S/C10H10N6O3/c11-6-2-8-7(18-4-19-8)1-5(6)10(17)12-3-9-13-15-16-14-9/h1-2H,3-4,11H2,(H,12,17)(H,13,14,15,16). The number of aromatic amines is 1. The lowest BCUT2D eigenvalue weighted by Crippen LogP contribution is -2.24. The summed E-state index contributed by atoms with van der Waals surface area (Å²) in [6.45, 7) is 0.284. The average Bonchev–Trinajstić information content (AvgIpc) is 3.05. The fraction of sp³-hybridized carbons (Fsp3) is 0.200. The topological polar surface area (TPSA) is 128 Å². The van der Waals surface area contributed by atoms with Gasteiger partial charge in [-0.05, 0) is 6.07 Å². The number of nitrogen functional groups attached to an aromatic ring is 1. The largest absolute Gasteiger partial charge is 0.454 e. The van der Waals surface area contributed by atoms with Crippen LogP contribution in [-0.2, 0) is 6.54 Å². The van der Waals surface area contributed by atoms with Crippen LogP contribution in [0.3, 0.4) is 0 Å². The van der Waals surface area contributed by atoms with E-state index >= 15 is 0 Å². The molecular weight excluding hydrogens is 252 g/mol. The van der Waals surface area contributed by atoms with Crippen LogP contribution in [0.1, 0.15) is 16.2 Å². The first kappa shape index (κ1) is 11.3. The lowest BCUT2D eigenvalue weighted by molar-refractivity contribution is 0.0950. The molecule has 4 N–H and O–H groups in total. The van der Waals surface area contributed by atoms with Crippen molar-refractivity contribution in [2.24, 2.45) is 0 Å². The second-order valence-electron chi connectivity index (χ2n) is 3.80. The molecule has 0 unspecified atom stereocenters. The molecule has 0 fully saturated rings. The van der Waals surface area contributed by atoms with Crippen LogP contribution in [0.4, 0.5) is 5.69 Å². The van der Waals surface area contributed by atoms with Crippen molar-refractivity contribution in [2.45, 2.75) is 6.54 Å². The summed E-state index contributed by atoms with van der Waals surface area (Å²) in [6.07, 6.45) is 0. The van der Waals surface area contributed by atoms with Gasteiger partial charge in [0.2, 0.25) is 6.79 Å². The van der Waals surface area contributed by atoms with E-state index in [1.807, 2.05) is 0 Å². The fourth-order valence-corrected chi connectivity index (χ4v) is 1.67. The summed E-state index contributed by atoms with van der Waals surface area (Å²) >= 11 is 0. The molecule has 1 aromatic carbocycles. The molecule has 0 saturated carbocycles. The van der Waals surface area contributed by atoms with Gasteiger partial charge in [0.25, 0.3) is 5.91 Å². The fourth-order valence-electron chi connectivity index (χ4n) is 1.67. The van der Waals surface area contributed by atoms with Gasteiger partial charge in [0.15, 0.2) is 17.3 Å². The Balaban J connectivity index is 1.76. The SMILES string of the molecule is Nc1cc2c(cc1C(=O)NCc1nn[nH]n1)OCO2. The summed E-state index contributed by atoms with van der Waals surface area (Å²) in [5, 5.41) is 15.8. The molecule has 3 rings (SSSR count). The first-order valence-corrected chi connectivity index (χ1v) is 5.43. The van der Waals surface area contributed by atoms with Crippen molar-refractivity contribution in [3.8, 4) is 11.5 Å². The number of aromatic nitrogens is 4. The summed E-state index contributed by atoms with van der Waals surface area (Å²) in [4.78, 5) is 12.0. The Morgan fingerprint density at radius 1 is 1.42 bits per heavy atom. The van der Waals surface area contributed by atoms with Crippen LogP contribution in [0.5, 0.6) is 11.5 Å².